The second-order valence-corrected chi connectivity index (χ2v) is 7.51. The summed E-state index contributed by atoms with van der Waals surface area (Å²) in [6.45, 7) is 0. The highest BCUT2D eigenvalue weighted by atomic mass is 35.5. The minimum atomic E-state index is -0.471. The molecule has 0 spiro atoms. The molecule has 0 aliphatic rings. The van der Waals surface area contributed by atoms with E-state index in [1.165, 1.54) is 5.56 Å². The van der Waals surface area contributed by atoms with Gasteiger partial charge in [-0.1, -0.05) is 30.3 Å². The minimum Gasteiger partial charge on any atom is -0.467 e. The van der Waals surface area contributed by atoms with Gasteiger partial charge in [0.2, 0.25) is 0 Å². The van der Waals surface area contributed by atoms with Crippen molar-refractivity contribution in [3.63, 3.8) is 0 Å². The predicted molar refractivity (Wildman–Crippen MR) is 59.4 cm³/mol. The Hall–Kier alpha value is -0.0962. The molecule has 1 aromatic rings. The van der Waals surface area contributed by atoms with Gasteiger partial charge < -0.3 is 4.12 Å². The van der Waals surface area contributed by atoms with E-state index in [9.17, 15) is 0 Å². The van der Waals surface area contributed by atoms with Gasteiger partial charge in [0.15, 0.2) is 9.76 Å². The van der Waals surface area contributed by atoms with Gasteiger partial charge >= 0.3 is 0 Å². The van der Waals surface area contributed by atoms with Crippen molar-refractivity contribution in [3.8, 4) is 0 Å². The second kappa shape index (κ2) is 5.53. The molecule has 0 bridgehead atoms. The maximum atomic E-state index is 6.07. The van der Waals surface area contributed by atoms with Crippen LogP contribution in [0.15, 0.2) is 30.3 Å². The third-order valence-corrected chi connectivity index (χ3v) is 4.16. The van der Waals surface area contributed by atoms with Crippen LogP contribution in [-0.2, 0) is 10.5 Å². The van der Waals surface area contributed by atoms with Crippen LogP contribution in [0, 0.1) is 0 Å². The van der Waals surface area contributed by atoms with Crippen molar-refractivity contribution in [1.82, 2.24) is 0 Å². The third kappa shape index (κ3) is 3.53. The van der Waals surface area contributed by atoms with Gasteiger partial charge in [-0.15, -0.1) is 11.6 Å². The van der Waals surface area contributed by atoms with Crippen LogP contribution in [0.1, 0.15) is 5.56 Å². The number of hydrogen-bond donors (Lipinski definition) is 0. The van der Waals surface area contributed by atoms with Crippen LogP contribution in [-0.4, -0.2) is 25.2 Å². The molecule has 1 nitrogen and oxygen atoms in total. The van der Waals surface area contributed by atoms with Crippen molar-refractivity contribution < 1.29 is 4.12 Å². The second-order valence-electron chi connectivity index (χ2n) is 2.74. The van der Waals surface area contributed by atoms with Crippen LogP contribution in [0.25, 0.3) is 0 Å². The fraction of sp³-hybridized carbons (Fsp3) is 0.250. The zero-order valence-electron chi connectivity index (χ0n) is 7.16. The SMILES string of the molecule is [SiH3]O[SiH2]C(Cl)Cc1ccccc1. The lowest BCUT2D eigenvalue weighted by atomic mass is 10.2. The van der Waals surface area contributed by atoms with Gasteiger partial charge in [0.25, 0.3) is 0 Å². The number of alkyl halides is 1. The molecule has 1 aromatic carbocycles. The lowest BCUT2D eigenvalue weighted by Crippen LogP contribution is -2.15. The molecule has 0 amide bonds. The fourth-order valence-corrected chi connectivity index (χ4v) is 4.32. The summed E-state index contributed by atoms with van der Waals surface area (Å²) in [7, 11) is 0.361. The van der Waals surface area contributed by atoms with Crippen LogP contribution in [0.3, 0.4) is 0 Å². The van der Waals surface area contributed by atoms with Gasteiger partial charge in [0.05, 0.1) is 5.00 Å². The molecule has 12 heavy (non-hydrogen) atoms. The molecule has 0 N–H and O–H groups in total. The van der Waals surface area contributed by atoms with Crippen LogP contribution in [0.2, 0.25) is 0 Å². The standard InChI is InChI=1S/C8H13ClOSi2/c9-8(12-10-11)6-7-4-2-1-3-5-7/h1-5,8H,6,12H2,11H3. The zero-order chi connectivity index (χ0) is 8.81. The Morgan fingerprint density at radius 3 is 2.67 bits per heavy atom. The van der Waals surface area contributed by atoms with Crippen molar-refractivity contribution in [3.05, 3.63) is 35.9 Å². The summed E-state index contributed by atoms with van der Waals surface area (Å²) in [5.41, 5.74) is 1.31. The van der Waals surface area contributed by atoms with Crippen molar-refractivity contribution in [2.45, 2.75) is 11.4 Å². The van der Waals surface area contributed by atoms with E-state index in [-0.39, 0.29) is 5.00 Å². The summed E-state index contributed by atoms with van der Waals surface area (Å²) in [4.78, 5) is 0. The normalized spacial score (nSPS) is 14.1. The molecule has 1 atom stereocenters. The topological polar surface area (TPSA) is 9.23 Å². The summed E-state index contributed by atoms with van der Waals surface area (Å²) in [5.74, 6) is 0. The lowest BCUT2D eigenvalue weighted by Gasteiger charge is -2.06. The van der Waals surface area contributed by atoms with Gasteiger partial charge in [-0.2, -0.15) is 0 Å². The molecule has 0 fully saturated rings. The number of hydrogen-bond acceptors (Lipinski definition) is 1. The smallest absolute Gasteiger partial charge is 0.163 e. The molecule has 0 saturated heterocycles. The molecule has 0 aromatic heterocycles. The average Bonchev–Trinajstić information content (AvgIpc) is 2.06. The average molecular weight is 217 g/mol. The third-order valence-electron chi connectivity index (χ3n) is 1.65. The number of halogens is 1. The van der Waals surface area contributed by atoms with E-state index in [1.54, 1.807) is 0 Å². The predicted octanol–water partition coefficient (Wildman–Crippen LogP) is 0.175. The van der Waals surface area contributed by atoms with E-state index in [1.807, 2.05) is 18.2 Å². The maximum Gasteiger partial charge on any atom is 0.163 e. The minimum absolute atomic E-state index is 0.255. The Morgan fingerprint density at radius 1 is 1.42 bits per heavy atom. The largest absolute Gasteiger partial charge is 0.467 e. The van der Waals surface area contributed by atoms with Crippen LogP contribution >= 0.6 is 11.6 Å². The van der Waals surface area contributed by atoms with Crippen molar-refractivity contribution >= 4 is 31.9 Å². The van der Waals surface area contributed by atoms with Crippen molar-refractivity contribution in [1.29, 1.82) is 0 Å². The first-order valence-electron chi connectivity index (χ1n) is 4.00. The highest BCUT2D eigenvalue weighted by molar-refractivity contribution is 6.51. The highest BCUT2D eigenvalue weighted by Gasteiger charge is 2.04. The summed E-state index contributed by atoms with van der Waals surface area (Å²) in [6.07, 6.45) is 0.955. The first-order valence-corrected chi connectivity index (χ1v) is 6.64. The van der Waals surface area contributed by atoms with Gasteiger partial charge in [-0.3, -0.25) is 0 Å². The first kappa shape index (κ1) is 9.99. The van der Waals surface area contributed by atoms with E-state index >= 15 is 0 Å². The number of rotatable bonds is 4. The van der Waals surface area contributed by atoms with Gasteiger partial charge in [-0.25, -0.2) is 0 Å². The van der Waals surface area contributed by atoms with E-state index in [0.29, 0.717) is 0 Å². The summed E-state index contributed by atoms with van der Waals surface area (Å²) < 4.78 is 5.22. The molecule has 4 heteroatoms. The summed E-state index contributed by atoms with van der Waals surface area (Å²) in [5, 5.41) is 0.255. The monoisotopic (exact) mass is 216 g/mol. The summed E-state index contributed by atoms with van der Waals surface area (Å²) >= 11 is 6.07. The maximum absolute atomic E-state index is 6.07. The molecule has 0 radical (unpaired) electrons. The Morgan fingerprint density at radius 2 is 2.08 bits per heavy atom. The molecular weight excluding hydrogens is 204 g/mol. The summed E-state index contributed by atoms with van der Waals surface area (Å²) in [6, 6.07) is 10.3. The van der Waals surface area contributed by atoms with Gasteiger partial charge in [0, 0.05) is 0 Å². The Balaban J connectivity index is 2.41. The van der Waals surface area contributed by atoms with Gasteiger partial charge in [0.1, 0.15) is 10.5 Å². The fourth-order valence-electron chi connectivity index (χ4n) is 1.11. The van der Waals surface area contributed by atoms with Crippen LogP contribution in [0.5, 0.6) is 0 Å². The Kier molecular flexibility index (Phi) is 4.60. The van der Waals surface area contributed by atoms with E-state index in [4.69, 9.17) is 15.7 Å². The first-order chi connectivity index (χ1) is 5.83. The number of benzene rings is 1. The molecule has 0 saturated carbocycles. The Bertz CT molecular complexity index is 218. The van der Waals surface area contributed by atoms with E-state index in [0.717, 1.165) is 16.9 Å². The molecular formula is C8H13ClOSi2. The molecule has 66 valence electrons. The van der Waals surface area contributed by atoms with Crippen LogP contribution < -0.4 is 0 Å². The highest BCUT2D eigenvalue weighted by Crippen LogP contribution is 2.06. The molecule has 0 aliphatic carbocycles. The molecule has 1 rings (SSSR count). The Labute approximate surface area is 83.6 Å². The zero-order valence-corrected chi connectivity index (χ0v) is 11.3. The molecule has 0 aliphatic heterocycles. The van der Waals surface area contributed by atoms with Crippen molar-refractivity contribution in [2.75, 3.05) is 0 Å². The quantitative estimate of drug-likeness (QED) is 0.516. The van der Waals surface area contributed by atoms with E-state index in [2.05, 4.69) is 12.1 Å². The van der Waals surface area contributed by atoms with Crippen LogP contribution in [0.4, 0.5) is 0 Å². The lowest BCUT2D eigenvalue weighted by molar-refractivity contribution is 0.654. The molecule has 0 heterocycles. The van der Waals surface area contributed by atoms with E-state index < -0.39 is 9.76 Å². The van der Waals surface area contributed by atoms with Gasteiger partial charge in [-0.05, 0) is 12.0 Å². The van der Waals surface area contributed by atoms with Crippen molar-refractivity contribution in [2.24, 2.45) is 0 Å². The molecule has 1 unspecified atom stereocenters.